The summed E-state index contributed by atoms with van der Waals surface area (Å²) in [6, 6.07) is 141. The fourth-order valence-electron chi connectivity index (χ4n) is 18.4. The van der Waals surface area contributed by atoms with Gasteiger partial charge in [0, 0.05) is 44.9 Å². The molecule has 0 amide bonds. The van der Waals surface area contributed by atoms with Crippen LogP contribution in [0.2, 0.25) is 0 Å². The van der Waals surface area contributed by atoms with Crippen molar-refractivity contribution >= 4 is 137 Å². The Hall–Kier alpha value is -11.8. The molecule has 0 bridgehead atoms. The summed E-state index contributed by atoms with van der Waals surface area (Å²) in [7, 11) is -6.16. The van der Waals surface area contributed by atoms with Gasteiger partial charge in [-0.25, -0.2) is 0 Å². The fraction of sp³-hybridized carbons (Fsp3) is 0.151. The van der Waals surface area contributed by atoms with Gasteiger partial charge in [0.1, 0.15) is 0 Å². The van der Waals surface area contributed by atoms with E-state index >= 15 is 0 Å². The Kier molecular flexibility index (Phi) is 17.7. The van der Waals surface area contributed by atoms with E-state index in [1.165, 1.54) is 113 Å². The highest BCUT2D eigenvalue weighted by atomic mass is 28.3. The van der Waals surface area contributed by atoms with Gasteiger partial charge in [-0.15, -0.1) is 0 Å². The first-order valence-corrected chi connectivity index (χ1v) is 44.0. The van der Waals surface area contributed by atoms with Gasteiger partial charge in [0.25, 0.3) is 6.71 Å². The van der Waals surface area contributed by atoms with E-state index in [1.54, 1.807) is 0 Å². The smallest absolute Gasteiger partial charge is 0.252 e. The van der Waals surface area contributed by atoms with E-state index in [-0.39, 0.29) is 28.4 Å². The van der Waals surface area contributed by atoms with Crippen LogP contribution in [-0.2, 0) is 21.7 Å². The van der Waals surface area contributed by atoms with Crippen molar-refractivity contribution in [3.05, 3.63) is 386 Å². The lowest BCUT2D eigenvalue weighted by Gasteiger charge is -2.45. The van der Waals surface area contributed by atoms with Crippen LogP contribution in [0.1, 0.15) is 105 Å². The number of para-hydroxylation sites is 2. The van der Waals surface area contributed by atoms with Crippen molar-refractivity contribution in [2.75, 3.05) is 9.80 Å². The zero-order chi connectivity index (χ0) is 77.1. The topological polar surface area (TPSA) is 11.4 Å². The van der Waals surface area contributed by atoms with E-state index in [4.69, 9.17) is 0 Å². The Bertz CT molecular complexity index is 5910. The van der Waals surface area contributed by atoms with E-state index in [9.17, 15) is 0 Å². The van der Waals surface area contributed by atoms with E-state index in [2.05, 4.69) is 461 Å². The lowest BCUT2D eigenvalue weighted by atomic mass is 9.33. The summed E-state index contributed by atoms with van der Waals surface area (Å²) < 4.78 is 2.55. The maximum Gasteiger partial charge on any atom is 0.252 e. The molecule has 3 heterocycles. The monoisotopic (exact) mass is 1480 g/mol. The average molecular weight is 1480 g/mol. The number of aromatic nitrogens is 1. The molecule has 112 heavy (non-hydrogen) atoms. The Morgan fingerprint density at radius 1 is 0.223 bits per heavy atom. The van der Waals surface area contributed by atoms with Crippen LogP contribution >= 0.6 is 0 Å². The predicted molar refractivity (Wildman–Crippen MR) is 488 cm³/mol. The SMILES string of the molecule is CC(C)(C)c1cc(-c2cccc(N3c4ccc(-c5cc(C(C)(C)C)cc(C(C)(C)C)c5)cc4B4c5cc([Si](c6ccccc6)(c6ccccc6)c6ccccc6)ccc5N(c5ccc([Si](c6ccccc6)(c6ccccc6)c6ccccc6)cc5)c5cc(-n6c7ccccc7c7ccccc76)cc3c54)c2)cc(C(C)(C)C)c1. The predicted octanol–water partition coefficient (Wildman–Crippen LogP) is 20.1. The van der Waals surface area contributed by atoms with Crippen LogP contribution in [0.25, 0.3) is 49.7 Å². The zero-order valence-corrected chi connectivity index (χ0v) is 68.6. The second-order valence-electron chi connectivity index (χ2n) is 35.3. The molecule has 1 aromatic heterocycles. The first-order chi connectivity index (χ1) is 54.1. The number of fused-ring (bicyclic) bond motifs is 7. The van der Waals surface area contributed by atoms with Gasteiger partial charge in [-0.1, -0.05) is 386 Å². The molecular weight excluding hydrogens is 1380 g/mol. The maximum atomic E-state index is 2.70. The molecule has 2 aliphatic heterocycles. The van der Waals surface area contributed by atoms with Crippen LogP contribution in [0.5, 0.6) is 0 Å². The molecule has 0 unspecified atom stereocenters. The van der Waals surface area contributed by atoms with E-state index in [0.29, 0.717) is 0 Å². The number of benzene rings is 15. The van der Waals surface area contributed by atoms with E-state index in [1.807, 2.05) is 0 Å². The van der Waals surface area contributed by atoms with Crippen LogP contribution in [0.3, 0.4) is 0 Å². The third kappa shape index (κ3) is 12.2. The summed E-state index contributed by atoms with van der Waals surface area (Å²) in [5, 5.41) is 13.1. The molecule has 3 nitrogen and oxygen atoms in total. The first kappa shape index (κ1) is 71.8. The minimum Gasteiger partial charge on any atom is -0.311 e. The number of rotatable bonds is 13. The molecular formula is C106H96BN3Si2. The number of anilines is 6. The first-order valence-electron chi connectivity index (χ1n) is 40.0. The summed E-state index contributed by atoms with van der Waals surface area (Å²) in [4.78, 5) is 5.33. The van der Waals surface area contributed by atoms with Gasteiger partial charge in [0.2, 0.25) is 0 Å². The Morgan fingerprint density at radius 3 is 0.955 bits per heavy atom. The molecule has 0 atom stereocenters. The Morgan fingerprint density at radius 2 is 0.554 bits per heavy atom. The average Bonchev–Trinajstić information content (AvgIpc) is 0.802. The van der Waals surface area contributed by atoms with E-state index < -0.39 is 16.1 Å². The Balaban J connectivity index is 0.991. The molecule has 0 spiro atoms. The van der Waals surface area contributed by atoms with Gasteiger partial charge in [-0.2, -0.15) is 0 Å². The Labute approximate surface area is 665 Å². The molecule has 16 aromatic rings. The summed E-state index contributed by atoms with van der Waals surface area (Å²) in [6.45, 7) is 28.0. The van der Waals surface area contributed by atoms with Crippen LogP contribution < -0.4 is 67.7 Å². The number of hydrogen-bond donors (Lipinski definition) is 0. The summed E-state index contributed by atoms with van der Waals surface area (Å²) in [5.74, 6) is 0. The van der Waals surface area contributed by atoms with E-state index in [0.717, 1.165) is 50.8 Å². The normalized spacial score (nSPS) is 13.1. The third-order valence-electron chi connectivity index (χ3n) is 24.2. The van der Waals surface area contributed by atoms with Crippen LogP contribution in [0.4, 0.5) is 34.1 Å². The maximum absolute atomic E-state index is 3.18. The minimum absolute atomic E-state index is 0.0803. The summed E-state index contributed by atoms with van der Waals surface area (Å²) in [6.07, 6.45) is 0. The molecule has 0 fully saturated rings. The van der Waals surface area contributed by atoms with Gasteiger partial charge in [0.15, 0.2) is 16.1 Å². The second kappa shape index (κ2) is 27.6. The van der Waals surface area contributed by atoms with Crippen molar-refractivity contribution in [3.8, 4) is 27.9 Å². The second-order valence-corrected chi connectivity index (χ2v) is 42.9. The van der Waals surface area contributed by atoms with Crippen molar-refractivity contribution in [1.29, 1.82) is 0 Å². The highest BCUT2D eigenvalue weighted by Gasteiger charge is 2.48. The zero-order valence-electron chi connectivity index (χ0n) is 66.6. The molecule has 0 aliphatic carbocycles. The van der Waals surface area contributed by atoms with Crippen molar-refractivity contribution in [2.24, 2.45) is 0 Å². The van der Waals surface area contributed by atoms with Gasteiger partial charge in [-0.3, -0.25) is 0 Å². The molecule has 18 rings (SSSR count). The van der Waals surface area contributed by atoms with Gasteiger partial charge in [-0.05, 0) is 185 Å². The molecule has 2 aliphatic rings. The van der Waals surface area contributed by atoms with Crippen molar-refractivity contribution in [2.45, 2.75) is 105 Å². The number of nitrogens with zero attached hydrogens (tertiary/aromatic N) is 3. The van der Waals surface area contributed by atoms with Crippen LogP contribution in [0.15, 0.2) is 364 Å². The van der Waals surface area contributed by atoms with Gasteiger partial charge < -0.3 is 14.4 Å². The van der Waals surface area contributed by atoms with Crippen LogP contribution in [-0.4, -0.2) is 27.4 Å². The lowest BCUT2D eigenvalue weighted by molar-refractivity contribution is 0.568. The minimum atomic E-state index is -3.18. The van der Waals surface area contributed by atoms with Gasteiger partial charge >= 0.3 is 0 Å². The molecule has 0 N–H and O–H groups in total. The van der Waals surface area contributed by atoms with Crippen molar-refractivity contribution in [3.63, 3.8) is 0 Å². The fourth-order valence-corrected chi connectivity index (χ4v) is 28.0. The summed E-state index contributed by atoms with van der Waals surface area (Å²) >= 11 is 0. The van der Waals surface area contributed by atoms with Crippen molar-refractivity contribution < 1.29 is 0 Å². The molecule has 6 heteroatoms. The third-order valence-corrected chi connectivity index (χ3v) is 33.8. The van der Waals surface area contributed by atoms with Crippen LogP contribution in [0, 0.1) is 0 Å². The quantitative estimate of drug-likeness (QED) is 0.0842. The highest BCUT2D eigenvalue weighted by molar-refractivity contribution is 7.20. The summed E-state index contributed by atoms with van der Waals surface area (Å²) in [5.41, 5.74) is 23.7. The lowest BCUT2D eigenvalue weighted by Crippen LogP contribution is -2.75. The van der Waals surface area contributed by atoms with Gasteiger partial charge in [0.05, 0.1) is 16.7 Å². The number of hydrogen-bond acceptors (Lipinski definition) is 2. The largest absolute Gasteiger partial charge is 0.311 e. The molecule has 15 aromatic carbocycles. The molecule has 0 saturated carbocycles. The standard InChI is InChI=1S/C106H96BN3Si2/c1-103(2,3)77-62-75(63-78(68-77)104(4,5)6)73-36-35-37-82(66-73)109-98-60-54-74(76-64-79(105(7,8)9)69-80(65-76)106(10,11)12)67-94(98)107-95-72-91(112(87-44-25-16-26-45-87,88-46-27-17-28-47-88)89-48-29-18-30-49-89)59-61-99(95)108(100-70-83(71-101(109)102(100)107)110-96-52-33-31-50-92(96)93-51-32-34-53-97(93)110)81-55-57-90(58-56-81)111(84-38-19-13-20-39-84,85-40-21-14-22-41-85)86-42-23-15-24-43-86/h13-72H,1-12H3. The molecule has 0 saturated heterocycles. The highest BCUT2D eigenvalue weighted by Crippen LogP contribution is 2.48. The van der Waals surface area contributed by atoms with Crippen molar-refractivity contribution in [1.82, 2.24) is 4.57 Å². The molecule has 0 radical (unpaired) electrons. The molecule has 546 valence electrons.